The van der Waals surface area contributed by atoms with Gasteiger partial charge in [-0.25, -0.2) is 0 Å². The molecule has 2 atom stereocenters. The highest BCUT2D eigenvalue weighted by Gasteiger charge is 2.70. The van der Waals surface area contributed by atoms with E-state index in [1.165, 1.54) is 32.1 Å². The molecule has 0 aromatic heterocycles. The molecule has 0 nitrogen and oxygen atoms in total. The summed E-state index contributed by atoms with van der Waals surface area (Å²) in [5.41, 5.74) is 0.559. The first-order valence-electron chi connectivity index (χ1n) is 4.47. The van der Waals surface area contributed by atoms with E-state index in [4.69, 9.17) is 0 Å². The quantitative estimate of drug-likeness (QED) is 0.587. The monoisotopic (exact) mass is 280 g/mol. The van der Waals surface area contributed by atoms with Crippen LogP contribution in [0.4, 0.5) is 0 Å². The Balaban J connectivity index is 2.15. The van der Waals surface area contributed by atoms with Gasteiger partial charge in [0.2, 0.25) is 0 Å². The molecule has 0 aromatic rings. The molecular formula is C9H14Br2. The van der Waals surface area contributed by atoms with Gasteiger partial charge < -0.3 is 0 Å². The average molecular weight is 282 g/mol. The van der Waals surface area contributed by atoms with E-state index in [0.717, 1.165) is 5.92 Å². The van der Waals surface area contributed by atoms with Crippen LogP contribution >= 0.6 is 31.9 Å². The zero-order valence-corrected chi connectivity index (χ0v) is 10.0. The van der Waals surface area contributed by atoms with Crippen LogP contribution in [0.2, 0.25) is 0 Å². The Kier molecular flexibility index (Phi) is 1.92. The van der Waals surface area contributed by atoms with E-state index in [0.29, 0.717) is 8.65 Å². The largest absolute Gasteiger partial charge is 0.0896 e. The zero-order valence-electron chi connectivity index (χ0n) is 6.87. The molecule has 0 saturated heterocycles. The lowest BCUT2D eigenvalue weighted by Gasteiger charge is -2.10. The predicted molar refractivity (Wildman–Crippen MR) is 55.3 cm³/mol. The van der Waals surface area contributed by atoms with Crippen LogP contribution in [0.5, 0.6) is 0 Å². The lowest BCUT2D eigenvalue weighted by Crippen LogP contribution is -2.02. The number of rotatable bonds is 0. The van der Waals surface area contributed by atoms with Gasteiger partial charge in [-0.3, -0.25) is 0 Å². The van der Waals surface area contributed by atoms with Crippen molar-refractivity contribution in [2.24, 2.45) is 11.3 Å². The van der Waals surface area contributed by atoms with Gasteiger partial charge in [0.15, 0.2) is 0 Å². The molecule has 2 unspecified atom stereocenters. The molecule has 2 aliphatic carbocycles. The number of halogens is 2. The summed E-state index contributed by atoms with van der Waals surface area (Å²) >= 11 is 7.57. The number of fused-ring (bicyclic) bond motifs is 1. The first-order chi connectivity index (χ1) is 5.09. The molecule has 0 amide bonds. The molecule has 2 heteroatoms. The fourth-order valence-corrected chi connectivity index (χ4v) is 4.72. The van der Waals surface area contributed by atoms with E-state index in [-0.39, 0.29) is 0 Å². The molecule has 0 aromatic carbocycles. The fourth-order valence-electron chi connectivity index (χ4n) is 2.53. The van der Waals surface area contributed by atoms with Gasteiger partial charge in [-0.1, -0.05) is 58.0 Å². The van der Waals surface area contributed by atoms with Crippen molar-refractivity contribution in [1.29, 1.82) is 0 Å². The van der Waals surface area contributed by atoms with E-state index >= 15 is 0 Å². The zero-order chi connectivity index (χ0) is 8.11. The summed E-state index contributed by atoms with van der Waals surface area (Å²) < 4.78 is 0.299. The Hall–Kier alpha value is 0.960. The summed E-state index contributed by atoms with van der Waals surface area (Å²) in [6, 6.07) is 0. The van der Waals surface area contributed by atoms with Crippen LogP contribution in [0.15, 0.2) is 0 Å². The van der Waals surface area contributed by atoms with Crippen molar-refractivity contribution in [3.05, 3.63) is 0 Å². The summed E-state index contributed by atoms with van der Waals surface area (Å²) in [4.78, 5) is 0. The van der Waals surface area contributed by atoms with Gasteiger partial charge in [-0.05, 0) is 24.2 Å². The van der Waals surface area contributed by atoms with Crippen molar-refractivity contribution in [1.82, 2.24) is 0 Å². The molecule has 11 heavy (non-hydrogen) atoms. The van der Waals surface area contributed by atoms with Gasteiger partial charge in [0.1, 0.15) is 0 Å². The van der Waals surface area contributed by atoms with Crippen molar-refractivity contribution in [3.8, 4) is 0 Å². The Morgan fingerprint density at radius 2 is 1.91 bits per heavy atom. The second kappa shape index (κ2) is 2.47. The molecule has 2 aliphatic rings. The van der Waals surface area contributed by atoms with Crippen molar-refractivity contribution < 1.29 is 0 Å². The molecule has 0 spiro atoms. The fraction of sp³-hybridized carbons (Fsp3) is 1.00. The number of hydrogen-bond donors (Lipinski definition) is 0. The Labute approximate surface area is 85.4 Å². The third kappa shape index (κ3) is 1.05. The highest BCUT2D eigenvalue weighted by atomic mass is 79.9. The number of hydrogen-bond acceptors (Lipinski definition) is 0. The minimum atomic E-state index is 0.299. The van der Waals surface area contributed by atoms with Gasteiger partial charge >= 0.3 is 0 Å². The molecular weight excluding hydrogens is 268 g/mol. The molecule has 64 valence electrons. The molecule has 2 rings (SSSR count). The first-order valence-corrected chi connectivity index (χ1v) is 6.05. The van der Waals surface area contributed by atoms with Crippen molar-refractivity contribution >= 4 is 31.9 Å². The van der Waals surface area contributed by atoms with Crippen LogP contribution in [-0.2, 0) is 0 Å². The predicted octanol–water partition coefficient (Wildman–Crippen LogP) is 4.07. The molecule has 2 saturated carbocycles. The summed E-state index contributed by atoms with van der Waals surface area (Å²) in [5, 5.41) is 0. The van der Waals surface area contributed by atoms with E-state index in [2.05, 4.69) is 38.8 Å². The third-order valence-electron chi connectivity index (χ3n) is 3.57. The summed E-state index contributed by atoms with van der Waals surface area (Å²) in [6.45, 7) is 2.41. The van der Waals surface area contributed by atoms with Crippen molar-refractivity contribution in [2.75, 3.05) is 0 Å². The van der Waals surface area contributed by atoms with E-state index in [1.54, 1.807) is 0 Å². The molecule has 0 heterocycles. The van der Waals surface area contributed by atoms with Crippen LogP contribution in [0.1, 0.15) is 39.0 Å². The minimum Gasteiger partial charge on any atom is -0.0718 e. The highest BCUT2D eigenvalue weighted by molar-refractivity contribution is 9.25. The van der Waals surface area contributed by atoms with E-state index in [9.17, 15) is 0 Å². The Bertz CT molecular complexity index is 176. The molecule has 0 radical (unpaired) electrons. The van der Waals surface area contributed by atoms with Crippen LogP contribution < -0.4 is 0 Å². The van der Waals surface area contributed by atoms with Crippen LogP contribution in [-0.4, -0.2) is 3.23 Å². The smallest absolute Gasteiger partial charge is 0.0718 e. The lowest BCUT2D eigenvalue weighted by atomic mass is 10.0. The second-order valence-electron chi connectivity index (χ2n) is 4.19. The topological polar surface area (TPSA) is 0 Å². The maximum Gasteiger partial charge on any atom is 0.0896 e. The summed E-state index contributed by atoms with van der Waals surface area (Å²) in [6.07, 6.45) is 7.11. The standard InChI is InChI=1S/C9H14Br2/c1-8-6-4-2-3-5-7(8)9(8,10)11/h7H,2-6H2,1H3. The maximum atomic E-state index is 3.79. The SMILES string of the molecule is CC12CCCCCC1C2(Br)Br. The Morgan fingerprint density at radius 1 is 1.18 bits per heavy atom. The van der Waals surface area contributed by atoms with E-state index in [1.807, 2.05) is 0 Å². The average Bonchev–Trinajstić information content (AvgIpc) is 2.43. The van der Waals surface area contributed by atoms with Crippen LogP contribution in [0, 0.1) is 11.3 Å². The van der Waals surface area contributed by atoms with Gasteiger partial charge in [-0.2, -0.15) is 0 Å². The van der Waals surface area contributed by atoms with E-state index < -0.39 is 0 Å². The van der Waals surface area contributed by atoms with Gasteiger partial charge in [0.25, 0.3) is 0 Å². The molecule has 2 fully saturated rings. The maximum absolute atomic E-state index is 3.79. The Morgan fingerprint density at radius 3 is 2.64 bits per heavy atom. The third-order valence-corrected chi connectivity index (χ3v) is 6.49. The molecule has 0 N–H and O–H groups in total. The van der Waals surface area contributed by atoms with Crippen LogP contribution in [0.25, 0.3) is 0 Å². The van der Waals surface area contributed by atoms with Crippen molar-refractivity contribution in [2.45, 2.75) is 42.3 Å². The second-order valence-corrected chi connectivity index (χ2v) is 7.76. The van der Waals surface area contributed by atoms with Crippen LogP contribution in [0.3, 0.4) is 0 Å². The normalized spacial score (nSPS) is 47.7. The lowest BCUT2D eigenvalue weighted by molar-refractivity contribution is 0.468. The summed E-state index contributed by atoms with van der Waals surface area (Å²) in [5.74, 6) is 0.887. The van der Waals surface area contributed by atoms with Gasteiger partial charge in [-0.15, -0.1) is 0 Å². The molecule has 0 aliphatic heterocycles. The van der Waals surface area contributed by atoms with Crippen molar-refractivity contribution in [3.63, 3.8) is 0 Å². The van der Waals surface area contributed by atoms with Gasteiger partial charge in [0, 0.05) is 0 Å². The first kappa shape index (κ1) is 8.55. The van der Waals surface area contributed by atoms with Gasteiger partial charge in [0.05, 0.1) is 3.23 Å². The summed E-state index contributed by atoms with van der Waals surface area (Å²) in [7, 11) is 0. The minimum absolute atomic E-state index is 0.299. The molecule has 0 bridgehead atoms. The highest BCUT2D eigenvalue weighted by Crippen LogP contribution is 2.75. The number of alkyl halides is 2.